The lowest BCUT2D eigenvalue weighted by atomic mass is 9.77. The second kappa shape index (κ2) is 7.40. The Kier molecular flexibility index (Phi) is 4.55. The fourth-order valence-electron chi connectivity index (χ4n) is 4.37. The minimum Gasteiger partial charge on any atom is -0.323 e. The van der Waals surface area contributed by atoms with Crippen molar-refractivity contribution in [3.05, 3.63) is 89.5 Å². The van der Waals surface area contributed by atoms with Gasteiger partial charge in [-0.3, -0.25) is 14.9 Å². The molecule has 1 unspecified atom stereocenters. The maximum Gasteiger partial charge on any atom is 0.322 e. The van der Waals surface area contributed by atoms with Crippen LogP contribution < -0.4 is 16.0 Å². The molecule has 1 aliphatic carbocycles. The Morgan fingerprint density at radius 3 is 2.45 bits per heavy atom. The van der Waals surface area contributed by atoms with Crippen molar-refractivity contribution in [1.29, 1.82) is 0 Å². The van der Waals surface area contributed by atoms with Crippen LogP contribution in [0, 0.1) is 0 Å². The van der Waals surface area contributed by atoms with Gasteiger partial charge in [0.1, 0.15) is 5.54 Å². The molecule has 31 heavy (non-hydrogen) atoms. The maximum absolute atomic E-state index is 12.9. The fourth-order valence-corrected chi connectivity index (χ4v) is 4.37. The highest BCUT2D eigenvalue weighted by Crippen LogP contribution is 2.32. The Hall–Kier alpha value is -3.93. The van der Waals surface area contributed by atoms with Gasteiger partial charge < -0.3 is 10.6 Å². The van der Waals surface area contributed by atoms with Gasteiger partial charge in [-0.2, -0.15) is 0 Å². The van der Waals surface area contributed by atoms with E-state index in [-0.39, 0.29) is 11.8 Å². The van der Waals surface area contributed by atoms with E-state index in [0.29, 0.717) is 24.8 Å². The van der Waals surface area contributed by atoms with Gasteiger partial charge >= 0.3 is 6.03 Å². The lowest BCUT2D eigenvalue weighted by molar-refractivity contribution is -0.124. The molecule has 1 aliphatic heterocycles. The fraction of sp³-hybridized carbons (Fsp3) is 0.160. The Labute approximate surface area is 179 Å². The van der Waals surface area contributed by atoms with Crippen LogP contribution in [0.15, 0.2) is 72.8 Å². The van der Waals surface area contributed by atoms with E-state index in [4.69, 9.17) is 0 Å². The van der Waals surface area contributed by atoms with Crippen molar-refractivity contribution in [2.45, 2.75) is 24.8 Å². The molecule has 1 heterocycles. The molecule has 0 aromatic heterocycles. The van der Waals surface area contributed by atoms with Crippen LogP contribution in [-0.4, -0.2) is 23.4 Å². The van der Waals surface area contributed by atoms with E-state index in [1.54, 1.807) is 6.07 Å². The third-order valence-electron chi connectivity index (χ3n) is 6.02. The van der Waals surface area contributed by atoms with Gasteiger partial charge in [-0.05, 0) is 59.4 Å². The average Bonchev–Trinajstić information content (AvgIpc) is 3.06. The van der Waals surface area contributed by atoms with Crippen molar-refractivity contribution in [1.82, 2.24) is 10.6 Å². The normalized spacial score (nSPS) is 19.5. The Bertz CT molecular complexity index is 1210. The largest absolute Gasteiger partial charge is 0.323 e. The summed E-state index contributed by atoms with van der Waals surface area (Å²) in [4.78, 5) is 36.7. The minimum absolute atomic E-state index is 0.180. The smallest absolute Gasteiger partial charge is 0.322 e. The van der Waals surface area contributed by atoms with E-state index in [9.17, 15) is 14.4 Å². The van der Waals surface area contributed by atoms with Crippen LogP contribution in [0.25, 0.3) is 11.1 Å². The molecule has 1 spiro atoms. The molecule has 0 saturated carbocycles. The molecule has 0 bridgehead atoms. The van der Waals surface area contributed by atoms with E-state index < -0.39 is 11.6 Å². The summed E-state index contributed by atoms with van der Waals surface area (Å²) in [6.07, 6.45) is 1.57. The van der Waals surface area contributed by atoms with Crippen molar-refractivity contribution in [3.63, 3.8) is 0 Å². The second-order valence-corrected chi connectivity index (χ2v) is 8.05. The number of imide groups is 1. The van der Waals surface area contributed by atoms with Gasteiger partial charge in [0.15, 0.2) is 0 Å². The van der Waals surface area contributed by atoms with E-state index >= 15 is 0 Å². The van der Waals surface area contributed by atoms with Crippen molar-refractivity contribution in [2.75, 3.05) is 5.32 Å². The number of carbonyl (C=O) groups excluding carboxylic acids is 3. The predicted octanol–water partition coefficient (Wildman–Crippen LogP) is 3.67. The van der Waals surface area contributed by atoms with Crippen LogP contribution in [0.3, 0.4) is 0 Å². The highest BCUT2D eigenvalue weighted by atomic mass is 16.2. The van der Waals surface area contributed by atoms with Crippen LogP contribution >= 0.6 is 0 Å². The highest BCUT2D eigenvalue weighted by molar-refractivity contribution is 6.07. The van der Waals surface area contributed by atoms with E-state index in [1.807, 2.05) is 66.7 Å². The van der Waals surface area contributed by atoms with Crippen molar-refractivity contribution >= 4 is 23.5 Å². The monoisotopic (exact) mass is 411 g/mol. The highest BCUT2D eigenvalue weighted by Gasteiger charge is 2.47. The van der Waals surface area contributed by atoms with Gasteiger partial charge in [0.05, 0.1) is 0 Å². The summed E-state index contributed by atoms with van der Waals surface area (Å²) in [5, 5.41) is 8.07. The van der Waals surface area contributed by atoms with Gasteiger partial charge in [0.2, 0.25) is 0 Å². The number of aryl methyl sites for hydroxylation is 1. The first-order valence-corrected chi connectivity index (χ1v) is 10.2. The molecule has 6 nitrogen and oxygen atoms in total. The van der Waals surface area contributed by atoms with Crippen molar-refractivity contribution in [3.8, 4) is 11.1 Å². The SMILES string of the molecule is O=C1NC(=O)C2(CCc3cc(C(=O)Nc4cccc(-c5ccccc5)c4)ccc3C2)N1. The Morgan fingerprint density at radius 1 is 0.871 bits per heavy atom. The van der Waals surface area contributed by atoms with Crippen LogP contribution in [0.4, 0.5) is 10.5 Å². The molecule has 3 aromatic carbocycles. The van der Waals surface area contributed by atoms with Crippen LogP contribution in [0.2, 0.25) is 0 Å². The van der Waals surface area contributed by atoms with Crippen LogP contribution in [0.5, 0.6) is 0 Å². The molecule has 1 fully saturated rings. The number of amides is 4. The second-order valence-electron chi connectivity index (χ2n) is 8.05. The first-order valence-electron chi connectivity index (χ1n) is 10.2. The molecule has 0 radical (unpaired) electrons. The number of benzene rings is 3. The molecule has 2 aliphatic rings. The predicted molar refractivity (Wildman–Crippen MR) is 118 cm³/mol. The van der Waals surface area contributed by atoms with Gasteiger partial charge in [0, 0.05) is 17.7 Å². The van der Waals surface area contributed by atoms with Crippen LogP contribution in [-0.2, 0) is 17.6 Å². The molecule has 1 atom stereocenters. The molecule has 1 saturated heterocycles. The lowest BCUT2D eigenvalue weighted by Crippen LogP contribution is -2.51. The molecule has 6 heteroatoms. The number of hydrogen-bond donors (Lipinski definition) is 3. The number of rotatable bonds is 3. The first kappa shape index (κ1) is 19.1. The molecule has 5 rings (SSSR count). The standard InChI is InChI=1S/C25H21N3O3/c29-22(26-21-8-4-7-17(14-21)16-5-2-1-3-6-16)19-9-10-20-15-25(12-11-18(20)13-19)23(30)27-24(31)28-25/h1-10,13-14H,11-12,15H2,(H,26,29)(H2,27,28,30,31). The maximum atomic E-state index is 12.9. The topological polar surface area (TPSA) is 87.3 Å². The molecule has 154 valence electrons. The summed E-state index contributed by atoms with van der Waals surface area (Å²) in [5.74, 6) is -0.455. The summed E-state index contributed by atoms with van der Waals surface area (Å²) in [6, 6.07) is 22.8. The summed E-state index contributed by atoms with van der Waals surface area (Å²) < 4.78 is 0. The Balaban J connectivity index is 1.34. The zero-order chi connectivity index (χ0) is 21.4. The minimum atomic E-state index is -0.869. The summed E-state index contributed by atoms with van der Waals surface area (Å²) in [5.41, 5.74) is 4.56. The van der Waals surface area contributed by atoms with Crippen LogP contribution in [0.1, 0.15) is 27.9 Å². The van der Waals surface area contributed by atoms with Gasteiger partial charge in [-0.1, -0.05) is 48.5 Å². The quantitative estimate of drug-likeness (QED) is 0.575. The lowest BCUT2D eigenvalue weighted by Gasteiger charge is -2.32. The van der Waals surface area contributed by atoms with Crippen molar-refractivity contribution < 1.29 is 14.4 Å². The average molecular weight is 411 g/mol. The van der Waals surface area contributed by atoms with E-state index in [1.165, 1.54) is 0 Å². The zero-order valence-electron chi connectivity index (χ0n) is 16.8. The third kappa shape index (κ3) is 3.57. The molecule has 3 aromatic rings. The Morgan fingerprint density at radius 2 is 1.68 bits per heavy atom. The van der Waals surface area contributed by atoms with Crippen molar-refractivity contribution in [2.24, 2.45) is 0 Å². The molecular formula is C25H21N3O3. The number of urea groups is 1. The van der Waals surface area contributed by atoms with Gasteiger partial charge in [0.25, 0.3) is 11.8 Å². The molecule has 3 N–H and O–H groups in total. The molecular weight excluding hydrogens is 390 g/mol. The van der Waals surface area contributed by atoms with E-state index in [2.05, 4.69) is 16.0 Å². The number of nitrogens with one attached hydrogen (secondary N) is 3. The number of hydrogen-bond acceptors (Lipinski definition) is 3. The number of fused-ring (bicyclic) bond motifs is 1. The number of anilines is 1. The zero-order valence-corrected chi connectivity index (χ0v) is 16.8. The summed E-state index contributed by atoms with van der Waals surface area (Å²) >= 11 is 0. The van der Waals surface area contributed by atoms with E-state index in [0.717, 1.165) is 27.9 Å². The molecule has 4 amide bonds. The van der Waals surface area contributed by atoms with Gasteiger partial charge in [-0.25, -0.2) is 4.79 Å². The first-order chi connectivity index (χ1) is 15.0. The third-order valence-corrected chi connectivity index (χ3v) is 6.02. The summed E-state index contributed by atoms with van der Waals surface area (Å²) in [7, 11) is 0. The summed E-state index contributed by atoms with van der Waals surface area (Å²) in [6.45, 7) is 0. The number of carbonyl (C=O) groups is 3. The van der Waals surface area contributed by atoms with Gasteiger partial charge in [-0.15, -0.1) is 0 Å².